The molecule has 2 rings (SSSR count). The maximum Gasteiger partial charge on any atom is 0.358 e. The van der Waals surface area contributed by atoms with Gasteiger partial charge in [-0.1, -0.05) is 34.1 Å². The summed E-state index contributed by atoms with van der Waals surface area (Å²) in [7, 11) is 0. The van der Waals surface area contributed by atoms with E-state index in [1.54, 1.807) is 6.92 Å². The molecule has 0 atom stereocenters. The third-order valence-corrected chi connectivity index (χ3v) is 3.03. The van der Waals surface area contributed by atoms with E-state index in [9.17, 15) is 4.79 Å². The number of nitrogens with two attached hydrogens (primary N) is 1. The number of hydrogen-bond acceptors (Lipinski definition) is 4. The summed E-state index contributed by atoms with van der Waals surface area (Å²) in [6, 6.07) is 7.53. The second-order valence-corrected chi connectivity index (χ2v) is 4.40. The van der Waals surface area contributed by atoms with Gasteiger partial charge in [-0.2, -0.15) is 0 Å². The minimum atomic E-state index is -0.499. The van der Waals surface area contributed by atoms with E-state index in [4.69, 9.17) is 10.5 Å². The van der Waals surface area contributed by atoms with Gasteiger partial charge >= 0.3 is 5.97 Å². The number of halogens is 1. The lowest BCUT2D eigenvalue weighted by molar-refractivity contribution is 0.0521. The molecule has 5 nitrogen and oxygen atoms in total. The predicted octanol–water partition coefficient (Wildman–Crippen LogP) is 2.60. The fraction of sp³-hybridized carbons (Fsp3) is 0.167. The topological polar surface area (TPSA) is 81.0 Å². The van der Waals surface area contributed by atoms with Gasteiger partial charge in [-0.05, 0) is 13.0 Å². The Hall–Kier alpha value is -1.82. The monoisotopic (exact) mass is 309 g/mol. The Morgan fingerprint density at radius 2 is 2.22 bits per heavy atom. The zero-order valence-corrected chi connectivity index (χ0v) is 11.3. The SMILES string of the molecule is CCOC(=O)c1[nH]c(-c2ccccc2Br)nc1N. The van der Waals surface area contributed by atoms with Gasteiger partial charge < -0.3 is 15.5 Å². The smallest absolute Gasteiger partial charge is 0.358 e. The first-order valence-corrected chi connectivity index (χ1v) is 6.20. The Morgan fingerprint density at radius 3 is 2.89 bits per heavy atom. The average Bonchev–Trinajstić information content (AvgIpc) is 2.72. The highest BCUT2D eigenvalue weighted by Crippen LogP contribution is 2.27. The average molecular weight is 310 g/mol. The minimum Gasteiger partial charge on any atom is -0.461 e. The molecule has 0 aliphatic rings. The van der Waals surface area contributed by atoms with Crippen molar-refractivity contribution in [3.05, 3.63) is 34.4 Å². The fourth-order valence-electron chi connectivity index (χ4n) is 1.53. The molecule has 0 aliphatic carbocycles. The molecule has 0 saturated heterocycles. The second kappa shape index (κ2) is 5.22. The lowest BCUT2D eigenvalue weighted by Crippen LogP contribution is -2.07. The van der Waals surface area contributed by atoms with Gasteiger partial charge in [0.05, 0.1) is 6.61 Å². The van der Waals surface area contributed by atoms with Crippen molar-refractivity contribution >= 4 is 27.7 Å². The molecule has 0 amide bonds. The molecule has 2 aromatic rings. The molecule has 1 aromatic carbocycles. The van der Waals surface area contributed by atoms with E-state index in [1.807, 2.05) is 24.3 Å². The largest absolute Gasteiger partial charge is 0.461 e. The molecular formula is C12H12BrN3O2. The molecule has 0 spiro atoms. The summed E-state index contributed by atoms with van der Waals surface area (Å²) >= 11 is 3.42. The molecule has 0 bridgehead atoms. The number of imidazole rings is 1. The van der Waals surface area contributed by atoms with Crippen LogP contribution in [0, 0.1) is 0 Å². The highest BCUT2D eigenvalue weighted by atomic mass is 79.9. The number of carbonyl (C=O) groups excluding carboxylic acids is 1. The number of rotatable bonds is 3. The molecule has 94 valence electrons. The van der Waals surface area contributed by atoms with Crippen molar-refractivity contribution < 1.29 is 9.53 Å². The molecule has 1 aromatic heterocycles. The van der Waals surface area contributed by atoms with E-state index in [0.717, 1.165) is 10.0 Å². The van der Waals surface area contributed by atoms with E-state index in [2.05, 4.69) is 25.9 Å². The van der Waals surface area contributed by atoms with Crippen molar-refractivity contribution in [2.45, 2.75) is 6.92 Å². The van der Waals surface area contributed by atoms with Crippen molar-refractivity contribution in [2.75, 3.05) is 12.3 Å². The molecule has 3 N–H and O–H groups in total. The summed E-state index contributed by atoms with van der Waals surface area (Å²) < 4.78 is 5.76. The van der Waals surface area contributed by atoms with Crippen LogP contribution in [0.5, 0.6) is 0 Å². The summed E-state index contributed by atoms with van der Waals surface area (Å²) in [5.41, 5.74) is 6.72. The third kappa shape index (κ3) is 2.38. The molecule has 18 heavy (non-hydrogen) atoms. The molecule has 1 heterocycles. The van der Waals surface area contributed by atoms with E-state index in [-0.39, 0.29) is 11.5 Å². The van der Waals surface area contributed by atoms with Crippen LogP contribution in [0.2, 0.25) is 0 Å². The third-order valence-electron chi connectivity index (χ3n) is 2.34. The van der Waals surface area contributed by atoms with Gasteiger partial charge in [-0.25, -0.2) is 9.78 Å². The van der Waals surface area contributed by atoms with Gasteiger partial charge in [0.2, 0.25) is 0 Å². The molecule has 0 fully saturated rings. The quantitative estimate of drug-likeness (QED) is 0.854. The van der Waals surface area contributed by atoms with E-state index < -0.39 is 5.97 Å². The van der Waals surface area contributed by atoms with Crippen molar-refractivity contribution in [1.82, 2.24) is 9.97 Å². The van der Waals surface area contributed by atoms with Crippen molar-refractivity contribution in [3.63, 3.8) is 0 Å². The van der Waals surface area contributed by atoms with Crippen LogP contribution in [-0.2, 0) is 4.74 Å². The number of aromatic amines is 1. The van der Waals surface area contributed by atoms with Crippen LogP contribution in [0.4, 0.5) is 5.82 Å². The highest BCUT2D eigenvalue weighted by molar-refractivity contribution is 9.10. The van der Waals surface area contributed by atoms with Crippen LogP contribution in [0.1, 0.15) is 17.4 Å². The van der Waals surface area contributed by atoms with Gasteiger partial charge in [0, 0.05) is 10.0 Å². The lowest BCUT2D eigenvalue weighted by Gasteiger charge is -2.00. The number of benzene rings is 1. The molecule has 0 unspecified atom stereocenters. The number of nitrogens with one attached hydrogen (secondary N) is 1. The minimum absolute atomic E-state index is 0.138. The maximum atomic E-state index is 11.6. The summed E-state index contributed by atoms with van der Waals surface area (Å²) in [6.45, 7) is 2.03. The van der Waals surface area contributed by atoms with E-state index >= 15 is 0 Å². The predicted molar refractivity (Wildman–Crippen MR) is 72.1 cm³/mol. The number of hydrogen-bond donors (Lipinski definition) is 2. The Bertz CT molecular complexity index is 580. The van der Waals surface area contributed by atoms with E-state index in [1.165, 1.54) is 0 Å². The van der Waals surface area contributed by atoms with Crippen LogP contribution in [0.15, 0.2) is 28.7 Å². The molecular weight excluding hydrogens is 298 g/mol. The summed E-state index contributed by atoms with van der Waals surface area (Å²) in [6.07, 6.45) is 0. The molecule has 0 radical (unpaired) electrons. The molecule has 6 heteroatoms. The van der Waals surface area contributed by atoms with Gasteiger partial charge in [-0.15, -0.1) is 0 Å². The number of H-pyrrole nitrogens is 1. The van der Waals surface area contributed by atoms with Crippen LogP contribution in [0.3, 0.4) is 0 Å². The van der Waals surface area contributed by atoms with Crippen molar-refractivity contribution in [1.29, 1.82) is 0 Å². The van der Waals surface area contributed by atoms with Crippen LogP contribution in [-0.4, -0.2) is 22.5 Å². The number of carbonyl (C=O) groups is 1. The number of nitrogen functional groups attached to an aromatic ring is 1. The Labute approximate surface area is 112 Å². The lowest BCUT2D eigenvalue weighted by atomic mass is 10.2. The van der Waals surface area contributed by atoms with Crippen LogP contribution < -0.4 is 5.73 Å². The highest BCUT2D eigenvalue weighted by Gasteiger charge is 2.17. The summed E-state index contributed by atoms with van der Waals surface area (Å²) in [5.74, 6) is 0.169. The molecule has 0 aliphatic heterocycles. The maximum absolute atomic E-state index is 11.6. The number of aromatic nitrogens is 2. The number of ether oxygens (including phenoxy) is 1. The zero-order chi connectivity index (χ0) is 13.1. The second-order valence-electron chi connectivity index (χ2n) is 3.55. The van der Waals surface area contributed by atoms with E-state index in [0.29, 0.717) is 12.4 Å². The van der Waals surface area contributed by atoms with Crippen LogP contribution in [0.25, 0.3) is 11.4 Å². The number of nitrogens with zero attached hydrogens (tertiary/aromatic N) is 1. The first-order valence-electron chi connectivity index (χ1n) is 5.41. The normalized spacial score (nSPS) is 10.3. The number of esters is 1. The number of anilines is 1. The summed E-state index contributed by atoms with van der Waals surface area (Å²) in [4.78, 5) is 18.6. The van der Waals surface area contributed by atoms with Crippen molar-refractivity contribution in [2.24, 2.45) is 0 Å². The zero-order valence-electron chi connectivity index (χ0n) is 9.74. The summed E-state index contributed by atoms with van der Waals surface area (Å²) in [5, 5.41) is 0. The fourth-order valence-corrected chi connectivity index (χ4v) is 2.00. The standard InChI is InChI=1S/C12H12BrN3O2/c1-2-18-12(17)9-10(14)16-11(15-9)7-5-3-4-6-8(7)13/h3-6H,2,14H2,1H3,(H,15,16). The van der Waals surface area contributed by atoms with Crippen LogP contribution >= 0.6 is 15.9 Å². The van der Waals surface area contributed by atoms with Gasteiger partial charge in [0.15, 0.2) is 11.5 Å². The first kappa shape index (κ1) is 12.6. The first-order chi connectivity index (χ1) is 8.63. The Kier molecular flexibility index (Phi) is 3.66. The van der Waals surface area contributed by atoms with Crippen molar-refractivity contribution in [3.8, 4) is 11.4 Å². The van der Waals surface area contributed by atoms with Gasteiger partial charge in [0.25, 0.3) is 0 Å². The van der Waals surface area contributed by atoms with Gasteiger partial charge in [-0.3, -0.25) is 0 Å². The van der Waals surface area contributed by atoms with Gasteiger partial charge in [0.1, 0.15) is 5.82 Å². The Morgan fingerprint density at radius 1 is 1.50 bits per heavy atom. The molecule has 0 saturated carbocycles. The Balaban J connectivity index is 2.41.